The van der Waals surface area contributed by atoms with Crippen LogP contribution in [0.5, 0.6) is 0 Å². The second kappa shape index (κ2) is 11.1. The predicted octanol–water partition coefficient (Wildman–Crippen LogP) is 13.4. The summed E-state index contributed by atoms with van der Waals surface area (Å²) in [5, 5.41) is 7.26. The second-order valence-electron chi connectivity index (χ2n) is 14.1. The van der Waals surface area contributed by atoms with E-state index in [1.54, 1.807) is 12.1 Å². The Morgan fingerprint density at radius 2 is 1.08 bits per heavy atom. The molecule has 2 nitrogen and oxygen atoms in total. The minimum atomic E-state index is -0.262. The molecule has 0 unspecified atom stereocenters. The standard InChI is InChI=1S/C47H36FNO/c1-25-18-27(3)43(28(4)19-25)35-13-10-31-11-14-37-39(44-29(5)20-26(2)21-30(44)6)24-40(38-16-15-36(35)45(31)46(37)38)47-49-41-23-33(12-17-42(41)50-47)32-8-7-9-34(48)22-32/h7-24H,1-6H3. The SMILES string of the molecule is Cc1cc(C)c(-c2ccc3ccc4c(-c5c(C)cc(C)cc5C)cc(-c5nc6cc(-c7cccc(F)c7)ccc6o5)c5ccc2c3c54)c(C)c1. The van der Waals surface area contributed by atoms with Crippen LogP contribution in [0.25, 0.3) is 88.3 Å². The number of nitrogens with zero attached hydrogens (tertiary/aromatic N) is 1. The van der Waals surface area contributed by atoms with E-state index in [1.807, 2.05) is 24.3 Å². The van der Waals surface area contributed by atoms with Crippen molar-refractivity contribution in [3.8, 4) is 44.8 Å². The molecule has 0 amide bonds. The van der Waals surface area contributed by atoms with Gasteiger partial charge in [-0.05, 0) is 160 Å². The third-order valence-corrected chi connectivity index (χ3v) is 10.5. The van der Waals surface area contributed by atoms with Gasteiger partial charge in [-0.25, -0.2) is 9.37 Å². The molecule has 0 radical (unpaired) electrons. The van der Waals surface area contributed by atoms with Crippen LogP contribution in [0.2, 0.25) is 0 Å². The van der Waals surface area contributed by atoms with E-state index in [1.165, 1.54) is 88.6 Å². The second-order valence-corrected chi connectivity index (χ2v) is 14.1. The van der Waals surface area contributed by atoms with E-state index in [0.29, 0.717) is 11.5 Å². The van der Waals surface area contributed by atoms with Gasteiger partial charge in [0.2, 0.25) is 5.89 Å². The lowest BCUT2D eigenvalue weighted by atomic mass is 9.82. The summed E-state index contributed by atoms with van der Waals surface area (Å²) < 4.78 is 20.7. The van der Waals surface area contributed by atoms with Crippen LogP contribution in [0.3, 0.4) is 0 Å². The normalized spacial score (nSPS) is 11.9. The van der Waals surface area contributed by atoms with Crippen LogP contribution in [0, 0.1) is 47.4 Å². The molecule has 0 saturated carbocycles. The number of benzene rings is 8. The van der Waals surface area contributed by atoms with Crippen LogP contribution in [-0.2, 0) is 0 Å². The highest BCUT2D eigenvalue weighted by Crippen LogP contribution is 2.48. The van der Waals surface area contributed by atoms with Gasteiger partial charge in [-0.3, -0.25) is 0 Å². The molecule has 0 aliphatic rings. The molecule has 242 valence electrons. The first-order valence-electron chi connectivity index (χ1n) is 17.2. The van der Waals surface area contributed by atoms with Gasteiger partial charge in [0.1, 0.15) is 11.3 Å². The summed E-state index contributed by atoms with van der Waals surface area (Å²) in [6.07, 6.45) is 0. The molecule has 1 aromatic heterocycles. The first-order valence-corrected chi connectivity index (χ1v) is 17.2. The molecule has 8 aromatic carbocycles. The van der Waals surface area contributed by atoms with Gasteiger partial charge in [-0.1, -0.05) is 90.0 Å². The molecule has 0 aliphatic carbocycles. The Bertz CT molecular complexity index is 2790. The first kappa shape index (κ1) is 30.3. The topological polar surface area (TPSA) is 26.0 Å². The molecule has 0 saturated heterocycles. The maximum Gasteiger partial charge on any atom is 0.227 e. The molecule has 0 aliphatic heterocycles. The largest absolute Gasteiger partial charge is 0.436 e. The van der Waals surface area contributed by atoms with Crippen LogP contribution in [-0.4, -0.2) is 4.98 Å². The van der Waals surface area contributed by atoms with Gasteiger partial charge in [-0.15, -0.1) is 0 Å². The Kier molecular flexibility index (Phi) is 6.73. The highest BCUT2D eigenvalue weighted by Gasteiger charge is 2.23. The van der Waals surface area contributed by atoms with Crippen molar-refractivity contribution >= 4 is 43.4 Å². The van der Waals surface area contributed by atoms with Gasteiger partial charge in [0.05, 0.1) is 0 Å². The molecule has 3 heteroatoms. The lowest BCUT2D eigenvalue weighted by Gasteiger charge is -2.21. The van der Waals surface area contributed by atoms with Crippen molar-refractivity contribution in [3.05, 3.63) is 148 Å². The fraction of sp³-hybridized carbons (Fsp3) is 0.128. The monoisotopic (exact) mass is 649 g/mol. The number of aromatic nitrogens is 1. The number of oxazole rings is 1. The molecular formula is C47H36FNO. The van der Waals surface area contributed by atoms with Gasteiger partial charge in [-0.2, -0.15) is 0 Å². The molecule has 50 heavy (non-hydrogen) atoms. The minimum Gasteiger partial charge on any atom is -0.436 e. The van der Waals surface area contributed by atoms with Gasteiger partial charge in [0, 0.05) is 5.56 Å². The first-order chi connectivity index (χ1) is 24.1. The van der Waals surface area contributed by atoms with Crippen LogP contribution in [0.1, 0.15) is 33.4 Å². The van der Waals surface area contributed by atoms with Crippen LogP contribution in [0.4, 0.5) is 4.39 Å². The zero-order chi connectivity index (χ0) is 34.4. The van der Waals surface area contributed by atoms with E-state index in [9.17, 15) is 4.39 Å². The molecule has 1 heterocycles. The predicted molar refractivity (Wildman–Crippen MR) is 208 cm³/mol. The average molecular weight is 650 g/mol. The molecule has 0 spiro atoms. The van der Waals surface area contributed by atoms with Gasteiger partial charge >= 0.3 is 0 Å². The van der Waals surface area contributed by atoms with Crippen molar-refractivity contribution in [3.63, 3.8) is 0 Å². The highest BCUT2D eigenvalue weighted by molar-refractivity contribution is 6.30. The average Bonchev–Trinajstić information content (AvgIpc) is 3.50. The van der Waals surface area contributed by atoms with Crippen molar-refractivity contribution in [2.75, 3.05) is 0 Å². The van der Waals surface area contributed by atoms with E-state index in [0.717, 1.165) is 27.6 Å². The number of rotatable bonds is 4. The molecule has 0 bridgehead atoms. The molecular weight excluding hydrogens is 614 g/mol. The number of hydrogen-bond acceptors (Lipinski definition) is 2. The summed E-state index contributed by atoms with van der Waals surface area (Å²) in [6, 6.07) is 37.6. The summed E-state index contributed by atoms with van der Waals surface area (Å²) in [5.41, 5.74) is 16.7. The number of fused-ring (bicyclic) bond motifs is 1. The van der Waals surface area contributed by atoms with E-state index in [2.05, 4.69) is 108 Å². The maximum absolute atomic E-state index is 14.1. The summed E-state index contributed by atoms with van der Waals surface area (Å²) in [5.74, 6) is 0.311. The zero-order valence-electron chi connectivity index (χ0n) is 29.1. The summed E-state index contributed by atoms with van der Waals surface area (Å²) in [4.78, 5) is 5.10. The van der Waals surface area contributed by atoms with Crippen molar-refractivity contribution in [1.82, 2.24) is 4.98 Å². The van der Waals surface area contributed by atoms with E-state index in [-0.39, 0.29) is 5.82 Å². The van der Waals surface area contributed by atoms with Gasteiger partial charge < -0.3 is 4.42 Å². The molecule has 9 rings (SSSR count). The molecule has 0 atom stereocenters. The number of aryl methyl sites for hydroxylation is 6. The maximum atomic E-state index is 14.1. The zero-order valence-corrected chi connectivity index (χ0v) is 29.1. The quantitative estimate of drug-likeness (QED) is 0.177. The lowest BCUT2D eigenvalue weighted by molar-refractivity contribution is 0.620. The van der Waals surface area contributed by atoms with Crippen LogP contribution in [0.15, 0.2) is 114 Å². The van der Waals surface area contributed by atoms with Crippen molar-refractivity contribution < 1.29 is 8.81 Å². The van der Waals surface area contributed by atoms with Crippen LogP contribution < -0.4 is 0 Å². The van der Waals surface area contributed by atoms with Gasteiger partial charge in [0.15, 0.2) is 5.58 Å². The molecule has 0 fully saturated rings. The highest BCUT2D eigenvalue weighted by atomic mass is 19.1. The van der Waals surface area contributed by atoms with E-state index >= 15 is 0 Å². The number of halogens is 1. The van der Waals surface area contributed by atoms with Crippen LogP contribution >= 0.6 is 0 Å². The van der Waals surface area contributed by atoms with Crippen molar-refractivity contribution in [2.24, 2.45) is 0 Å². The molecule has 9 aromatic rings. The Morgan fingerprint density at radius 3 is 1.76 bits per heavy atom. The smallest absolute Gasteiger partial charge is 0.227 e. The van der Waals surface area contributed by atoms with Gasteiger partial charge in [0.25, 0.3) is 0 Å². The van der Waals surface area contributed by atoms with E-state index in [4.69, 9.17) is 9.40 Å². The Morgan fingerprint density at radius 1 is 0.500 bits per heavy atom. The summed E-state index contributed by atoms with van der Waals surface area (Å²) >= 11 is 0. The fourth-order valence-corrected chi connectivity index (χ4v) is 8.60. The third kappa shape index (κ3) is 4.64. The number of hydrogen-bond donors (Lipinski definition) is 0. The van der Waals surface area contributed by atoms with E-state index < -0.39 is 0 Å². The summed E-state index contributed by atoms with van der Waals surface area (Å²) in [6.45, 7) is 13.2. The third-order valence-electron chi connectivity index (χ3n) is 10.5. The lowest BCUT2D eigenvalue weighted by Crippen LogP contribution is -1.96. The minimum absolute atomic E-state index is 0.262. The summed E-state index contributed by atoms with van der Waals surface area (Å²) in [7, 11) is 0. The molecule has 0 N–H and O–H groups in total. The fourth-order valence-electron chi connectivity index (χ4n) is 8.60. The van der Waals surface area contributed by atoms with Crippen molar-refractivity contribution in [1.29, 1.82) is 0 Å². The Balaban J connectivity index is 1.37. The Labute approximate surface area is 291 Å². The Hall–Kier alpha value is -5.80. The van der Waals surface area contributed by atoms with Crippen molar-refractivity contribution in [2.45, 2.75) is 41.5 Å².